The van der Waals surface area contributed by atoms with Crippen LogP contribution in [0.3, 0.4) is 0 Å². The number of ether oxygens (including phenoxy) is 1. The Hall–Kier alpha value is -2.15. The van der Waals surface area contributed by atoms with E-state index in [9.17, 15) is 14.7 Å². The van der Waals surface area contributed by atoms with Crippen LogP contribution in [-0.4, -0.2) is 64.2 Å². The summed E-state index contributed by atoms with van der Waals surface area (Å²) in [6, 6.07) is -0.114. The van der Waals surface area contributed by atoms with Gasteiger partial charge in [-0.3, -0.25) is 9.78 Å². The highest BCUT2D eigenvalue weighted by atomic mass is 16.6. The van der Waals surface area contributed by atoms with Gasteiger partial charge in [0, 0.05) is 25.5 Å². The van der Waals surface area contributed by atoms with E-state index in [1.165, 1.54) is 0 Å². The summed E-state index contributed by atoms with van der Waals surface area (Å²) in [4.78, 5) is 32.6. The van der Waals surface area contributed by atoms with Crippen LogP contribution in [0.15, 0.2) is 12.4 Å². The molecule has 0 aliphatic carbocycles. The first-order chi connectivity index (χ1) is 12.2. The zero-order valence-electron chi connectivity index (χ0n) is 14.6. The van der Waals surface area contributed by atoms with E-state index < -0.39 is 0 Å². The van der Waals surface area contributed by atoms with Crippen LogP contribution in [-0.2, 0) is 17.7 Å². The van der Waals surface area contributed by atoms with Crippen molar-refractivity contribution in [3.63, 3.8) is 0 Å². The van der Waals surface area contributed by atoms with Crippen molar-refractivity contribution in [2.75, 3.05) is 26.3 Å². The fourth-order valence-corrected chi connectivity index (χ4v) is 3.66. The highest BCUT2D eigenvalue weighted by Crippen LogP contribution is 2.26. The SMILES string of the molecule is CCOC(=O)N1CCc2c(cncc2C(=O)N2CCCCC2CO)C1. The first-order valence-corrected chi connectivity index (χ1v) is 8.95. The van der Waals surface area contributed by atoms with Gasteiger partial charge in [0.15, 0.2) is 0 Å². The number of nitrogens with zero attached hydrogens (tertiary/aromatic N) is 3. The van der Waals surface area contributed by atoms with Crippen LogP contribution in [0.25, 0.3) is 0 Å². The van der Waals surface area contributed by atoms with E-state index in [2.05, 4.69) is 4.98 Å². The molecule has 7 heteroatoms. The van der Waals surface area contributed by atoms with Crippen molar-refractivity contribution in [2.24, 2.45) is 0 Å². The largest absolute Gasteiger partial charge is 0.450 e. The Morgan fingerprint density at radius 3 is 2.92 bits per heavy atom. The van der Waals surface area contributed by atoms with Crippen LogP contribution in [0.4, 0.5) is 4.79 Å². The van der Waals surface area contributed by atoms with E-state index in [0.29, 0.717) is 38.2 Å². The van der Waals surface area contributed by atoms with Gasteiger partial charge in [0.1, 0.15) is 0 Å². The molecule has 0 radical (unpaired) electrons. The predicted molar refractivity (Wildman–Crippen MR) is 91.1 cm³/mol. The molecule has 1 unspecified atom stereocenters. The molecule has 25 heavy (non-hydrogen) atoms. The van der Waals surface area contributed by atoms with Gasteiger partial charge in [0.05, 0.1) is 31.4 Å². The normalized spacial score (nSPS) is 20.2. The number of aliphatic hydroxyl groups excluding tert-OH is 1. The monoisotopic (exact) mass is 347 g/mol. The summed E-state index contributed by atoms with van der Waals surface area (Å²) in [7, 11) is 0. The van der Waals surface area contributed by atoms with E-state index in [0.717, 1.165) is 30.4 Å². The number of pyridine rings is 1. The van der Waals surface area contributed by atoms with Gasteiger partial charge in [-0.25, -0.2) is 4.79 Å². The van der Waals surface area contributed by atoms with Crippen LogP contribution in [0.1, 0.15) is 47.7 Å². The number of fused-ring (bicyclic) bond motifs is 1. The second-order valence-corrected chi connectivity index (χ2v) is 6.53. The van der Waals surface area contributed by atoms with E-state index in [1.807, 2.05) is 0 Å². The summed E-state index contributed by atoms with van der Waals surface area (Å²) in [5.41, 5.74) is 2.45. The van der Waals surface area contributed by atoms with Crippen LogP contribution >= 0.6 is 0 Å². The average molecular weight is 347 g/mol. The number of aromatic nitrogens is 1. The third kappa shape index (κ3) is 3.61. The van der Waals surface area contributed by atoms with Crippen LogP contribution in [0.2, 0.25) is 0 Å². The summed E-state index contributed by atoms with van der Waals surface area (Å²) >= 11 is 0. The molecular weight excluding hydrogens is 322 g/mol. The molecule has 0 aromatic carbocycles. The second kappa shape index (κ2) is 7.82. The Labute approximate surface area is 147 Å². The smallest absolute Gasteiger partial charge is 0.410 e. The predicted octanol–water partition coefficient (Wildman–Crippen LogP) is 1.58. The molecule has 2 aliphatic heterocycles. The van der Waals surface area contributed by atoms with Gasteiger partial charge in [-0.15, -0.1) is 0 Å². The van der Waals surface area contributed by atoms with Crippen molar-refractivity contribution in [2.45, 2.75) is 45.2 Å². The highest BCUT2D eigenvalue weighted by molar-refractivity contribution is 5.96. The molecule has 1 aromatic heterocycles. The lowest BCUT2D eigenvalue weighted by Crippen LogP contribution is -2.46. The fourth-order valence-electron chi connectivity index (χ4n) is 3.66. The standard InChI is InChI=1S/C18H25N3O4/c1-2-25-18(24)20-8-6-15-13(11-20)9-19-10-16(15)17(23)21-7-4-3-5-14(21)12-22/h9-10,14,22H,2-8,11-12H2,1H3. The molecular formula is C18H25N3O4. The topological polar surface area (TPSA) is 83.0 Å². The van der Waals surface area contributed by atoms with Gasteiger partial charge in [-0.2, -0.15) is 0 Å². The van der Waals surface area contributed by atoms with E-state index in [4.69, 9.17) is 4.74 Å². The second-order valence-electron chi connectivity index (χ2n) is 6.53. The molecule has 1 N–H and O–H groups in total. The number of piperidine rings is 1. The molecule has 136 valence electrons. The van der Waals surface area contributed by atoms with E-state index in [1.54, 1.807) is 29.1 Å². The maximum absolute atomic E-state index is 13.0. The summed E-state index contributed by atoms with van der Waals surface area (Å²) < 4.78 is 5.06. The number of carbonyl (C=O) groups excluding carboxylic acids is 2. The van der Waals surface area contributed by atoms with Gasteiger partial charge < -0.3 is 19.6 Å². The summed E-state index contributed by atoms with van der Waals surface area (Å²) in [5, 5.41) is 9.57. The first-order valence-electron chi connectivity index (χ1n) is 8.95. The molecule has 3 rings (SSSR count). The van der Waals surface area contributed by atoms with Crippen molar-refractivity contribution < 1.29 is 19.4 Å². The third-order valence-corrected chi connectivity index (χ3v) is 4.99. The summed E-state index contributed by atoms with van der Waals surface area (Å²) in [6.07, 6.45) is 6.44. The third-order valence-electron chi connectivity index (χ3n) is 4.99. The van der Waals surface area contributed by atoms with E-state index in [-0.39, 0.29) is 24.6 Å². The molecule has 0 spiro atoms. The number of hydrogen-bond acceptors (Lipinski definition) is 5. The number of carbonyl (C=O) groups is 2. The lowest BCUT2D eigenvalue weighted by atomic mass is 9.95. The van der Waals surface area contributed by atoms with E-state index >= 15 is 0 Å². The molecule has 1 fully saturated rings. The first kappa shape index (κ1) is 17.7. The summed E-state index contributed by atoms with van der Waals surface area (Å²) in [5.74, 6) is -0.0623. The molecule has 2 amide bonds. The lowest BCUT2D eigenvalue weighted by molar-refractivity contribution is 0.0500. The van der Waals surface area contributed by atoms with Gasteiger partial charge in [0.25, 0.3) is 5.91 Å². The zero-order chi connectivity index (χ0) is 17.8. The van der Waals surface area contributed by atoms with Gasteiger partial charge in [0.2, 0.25) is 0 Å². The van der Waals surface area contributed by atoms with Crippen molar-refractivity contribution in [1.82, 2.24) is 14.8 Å². The lowest BCUT2D eigenvalue weighted by Gasteiger charge is -2.36. The molecule has 2 aliphatic rings. The van der Waals surface area contributed by atoms with Crippen LogP contribution in [0, 0.1) is 0 Å². The average Bonchev–Trinajstić information content (AvgIpc) is 2.66. The fraction of sp³-hybridized carbons (Fsp3) is 0.611. The van der Waals surface area contributed by atoms with Gasteiger partial charge >= 0.3 is 6.09 Å². The minimum absolute atomic E-state index is 0.00910. The molecule has 0 saturated carbocycles. The van der Waals surface area contributed by atoms with Crippen LogP contribution < -0.4 is 0 Å². The van der Waals surface area contributed by atoms with Gasteiger partial charge in [-0.1, -0.05) is 0 Å². The highest BCUT2D eigenvalue weighted by Gasteiger charge is 2.31. The van der Waals surface area contributed by atoms with Crippen molar-refractivity contribution >= 4 is 12.0 Å². The molecule has 1 saturated heterocycles. The molecule has 3 heterocycles. The Bertz CT molecular complexity index is 649. The maximum Gasteiger partial charge on any atom is 0.410 e. The Morgan fingerprint density at radius 2 is 2.16 bits per heavy atom. The Balaban J connectivity index is 1.82. The molecule has 7 nitrogen and oxygen atoms in total. The Kier molecular flexibility index (Phi) is 5.53. The molecule has 1 aromatic rings. The Morgan fingerprint density at radius 1 is 1.32 bits per heavy atom. The van der Waals surface area contributed by atoms with Gasteiger partial charge in [-0.05, 0) is 43.7 Å². The zero-order valence-corrected chi connectivity index (χ0v) is 14.6. The molecule has 0 bridgehead atoms. The number of likely N-dealkylation sites (tertiary alicyclic amines) is 1. The minimum atomic E-state index is -0.332. The van der Waals surface area contributed by atoms with Crippen molar-refractivity contribution in [1.29, 1.82) is 0 Å². The molecule has 1 atom stereocenters. The number of rotatable bonds is 3. The quantitative estimate of drug-likeness (QED) is 0.898. The van der Waals surface area contributed by atoms with Crippen molar-refractivity contribution in [3.05, 3.63) is 29.1 Å². The number of hydrogen-bond donors (Lipinski definition) is 1. The van der Waals surface area contributed by atoms with Crippen molar-refractivity contribution in [3.8, 4) is 0 Å². The number of aliphatic hydroxyl groups is 1. The number of amides is 2. The summed E-state index contributed by atoms with van der Waals surface area (Å²) in [6.45, 7) is 3.72. The minimum Gasteiger partial charge on any atom is -0.450 e. The van der Waals surface area contributed by atoms with Crippen LogP contribution in [0.5, 0.6) is 0 Å². The maximum atomic E-state index is 13.0.